The number of benzene rings is 1. The van der Waals surface area contributed by atoms with Crippen LogP contribution in [0.2, 0.25) is 0 Å². The molecule has 0 unspecified atom stereocenters. The van der Waals surface area contributed by atoms with Crippen molar-refractivity contribution in [3.05, 3.63) is 46.8 Å². The quantitative estimate of drug-likeness (QED) is 0.621. The van der Waals surface area contributed by atoms with Crippen LogP contribution in [0.3, 0.4) is 0 Å². The number of carbonyl (C=O) groups excluding carboxylic acids is 1. The summed E-state index contributed by atoms with van der Waals surface area (Å²) in [5.74, 6) is 0.482. The molecule has 0 aliphatic carbocycles. The lowest BCUT2D eigenvalue weighted by Gasteiger charge is -2.08. The molecule has 0 bridgehead atoms. The highest BCUT2D eigenvalue weighted by Gasteiger charge is 2.16. The van der Waals surface area contributed by atoms with E-state index in [4.69, 9.17) is 4.74 Å². The van der Waals surface area contributed by atoms with Gasteiger partial charge in [-0.25, -0.2) is 4.98 Å². The Morgan fingerprint density at radius 1 is 1.36 bits per heavy atom. The Morgan fingerprint density at radius 3 is 3.09 bits per heavy atom. The van der Waals surface area contributed by atoms with Crippen molar-refractivity contribution < 1.29 is 9.53 Å². The van der Waals surface area contributed by atoms with Crippen molar-refractivity contribution in [2.45, 2.75) is 0 Å². The van der Waals surface area contributed by atoms with E-state index in [0.717, 1.165) is 15.3 Å². The van der Waals surface area contributed by atoms with E-state index in [1.54, 1.807) is 18.4 Å². The molecule has 3 aromatic heterocycles. The first-order valence-corrected chi connectivity index (χ1v) is 8.25. The molecule has 1 amide bonds. The van der Waals surface area contributed by atoms with Crippen molar-refractivity contribution in [2.24, 2.45) is 0 Å². The first kappa shape index (κ1) is 13.3. The number of ether oxygens (including phenoxy) is 1. The van der Waals surface area contributed by atoms with Gasteiger partial charge in [0.1, 0.15) is 10.6 Å². The molecule has 0 saturated carbocycles. The number of imidazole rings is 1. The molecule has 0 radical (unpaired) electrons. The fraction of sp³-hybridized carbons (Fsp3) is 0.0667. The number of carbonyl (C=O) groups is 1. The van der Waals surface area contributed by atoms with Crippen LogP contribution in [0.4, 0.5) is 5.69 Å². The minimum atomic E-state index is -0.156. The van der Waals surface area contributed by atoms with Gasteiger partial charge in [0.25, 0.3) is 5.91 Å². The minimum absolute atomic E-state index is 0.156. The van der Waals surface area contributed by atoms with Crippen molar-refractivity contribution in [3.63, 3.8) is 0 Å². The van der Waals surface area contributed by atoms with Crippen molar-refractivity contribution in [1.29, 1.82) is 0 Å². The van der Waals surface area contributed by atoms with Gasteiger partial charge in [-0.15, -0.1) is 22.7 Å². The molecule has 5 nitrogen and oxygen atoms in total. The number of fused-ring (bicyclic) bond motifs is 3. The topological polar surface area (TPSA) is 55.6 Å². The third-order valence-electron chi connectivity index (χ3n) is 3.32. The summed E-state index contributed by atoms with van der Waals surface area (Å²) in [6.45, 7) is 0. The van der Waals surface area contributed by atoms with Crippen LogP contribution in [0.25, 0.3) is 15.3 Å². The number of nitrogens with one attached hydrogen (secondary N) is 1. The number of para-hydroxylation sites is 2. The zero-order valence-corrected chi connectivity index (χ0v) is 13.2. The average Bonchev–Trinajstić information content (AvgIpc) is 3.19. The monoisotopic (exact) mass is 329 g/mol. The van der Waals surface area contributed by atoms with Crippen LogP contribution in [0, 0.1) is 0 Å². The van der Waals surface area contributed by atoms with Gasteiger partial charge in [0.2, 0.25) is 0 Å². The SMILES string of the molecule is COc1ccccc1NC(=O)c1cc2c(nc3sccn32)s1. The summed E-state index contributed by atoms with van der Waals surface area (Å²) in [6.07, 6.45) is 1.96. The van der Waals surface area contributed by atoms with E-state index >= 15 is 0 Å². The summed E-state index contributed by atoms with van der Waals surface area (Å²) < 4.78 is 7.24. The van der Waals surface area contributed by atoms with E-state index in [-0.39, 0.29) is 5.91 Å². The number of thiazole rings is 1. The maximum absolute atomic E-state index is 12.4. The van der Waals surface area contributed by atoms with E-state index < -0.39 is 0 Å². The predicted octanol–water partition coefficient (Wildman–Crippen LogP) is 3.87. The van der Waals surface area contributed by atoms with Crippen molar-refractivity contribution in [1.82, 2.24) is 9.38 Å². The fourth-order valence-electron chi connectivity index (χ4n) is 2.29. The number of thiophene rings is 1. The molecule has 0 aliphatic rings. The number of methoxy groups -OCH3 is 1. The van der Waals surface area contributed by atoms with Crippen LogP contribution in [0.1, 0.15) is 9.67 Å². The number of nitrogens with zero attached hydrogens (tertiary/aromatic N) is 2. The Hall–Kier alpha value is -2.38. The molecule has 0 spiro atoms. The summed E-state index contributed by atoms with van der Waals surface area (Å²) in [5.41, 5.74) is 1.62. The Labute approximate surface area is 133 Å². The minimum Gasteiger partial charge on any atom is -0.495 e. The molecule has 1 N–H and O–H groups in total. The fourth-order valence-corrected chi connectivity index (χ4v) is 3.99. The van der Waals surface area contributed by atoms with Crippen molar-refractivity contribution in [2.75, 3.05) is 12.4 Å². The number of aromatic nitrogens is 2. The first-order chi connectivity index (χ1) is 10.8. The van der Waals surface area contributed by atoms with E-state index in [2.05, 4.69) is 10.3 Å². The summed E-state index contributed by atoms with van der Waals surface area (Å²) in [7, 11) is 1.58. The van der Waals surface area contributed by atoms with Crippen molar-refractivity contribution in [3.8, 4) is 5.75 Å². The Bertz CT molecular complexity index is 983. The van der Waals surface area contributed by atoms with Gasteiger partial charge in [0.15, 0.2) is 4.96 Å². The normalized spacial score (nSPS) is 11.1. The van der Waals surface area contributed by atoms with Gasteiger partial charge in [0.05, 0.1) is 23.2 Å². The zero-order chi connectivity index (χ0) is 15.1. The molecule has 7 heteroatoms. The molecule has 4 rings (SSSR count). The largest absolute Gasteiger partial charge is 0.495 e. The molecular formula is C15H11N3O2S2. The highest BCUT2D eigenvalue weighted by Crippen LogP contribution is 2.30. The van der Waals surface area contributed by atoms with E-state index in [9.17, 15) is 4.79 Å². The molecule has 4 aromatic rings. The van der Waals surface area contributed by atoms with Gasteiger partial charge >= 0.3 is 0 Å². The van der Waals surface area contributed by atoms with Crippen molar-refractivity contribution >= 4 is 49.6 Å². The number of anilines is 1. The molecule has 0 saturated heterocycles. The first-order valence-electron chi connectivity index (χ1n) is 6.56. The molecule has 0 aliphatic heterocycles. The Kier molecular flexibility index (Phi) is 3.09. The van der Waals surface area contributed by atoms with Crippen LogP contribution in [0.15, 0.2) is 41.9 Å². The molecule has 0 fully saturated rings. The number of hydrogen-bond acceptors (Lipinski definition) is 5. The maximum atomic E-state index is 12.4. The van der Waals surface area contributed by atoms with Gasteiger partial charge in [-0.1, -0.05) is 12.1 Å². The third kappa shape index (κ3) is 2.06. The van der Waals surface area contributed by atoms with Crippen LogP contribution in [-0.4, -0.2) is 22.4 Å². The molecule has 1 aromatic carbocycles. The summed E-state index contributed by atoms with van der Waals surface area (Å²) in [6, 6.07) is 9.22. The Balaban J connectivity index is 1.68. The van der Waals surface area contributed by atoms with Gasteiger partial charge in [0, 0.05) is 11.6 Å². The predicted molar refractivity (Wildman–Crippen MR) is 89.4 cm³/mol. The van der Waals surface area contributed by atoms with Gasteiger partial charge in [-0.3, -0.25) is 9.20 Å². The molecule has 110 valence electrons. The number of hydrogen-bond donors (Lipinski definition) is 1. The average molecular weight is 329 g/mol. The van der Waals surface area contributed by atoms with Gasteiger partial charge in [-0.05, 0) is 18.2 Å². The second-order valence-corrected chi connectivity index (χ2v) is 6.53. The van der Waals surface area contributed by atoms with Gasteiger partial charge in [-0.2, -0.15) is 0 Å². The number of rotatable bonds is 3. The molecule has 22 heavy (non-hydrogen) atoms. The lowest BCUT2D eigenvalue weighted by atomic mass is 10.3. The lowest BCUT2D eigenvalue weighted by Crippen LogP contribution is -2.10. The number of amides is 1. The maximum Gasteiger partial charge on any atom is 0.265 e. The van der Waals surface area contributed by atoms with Crippen LogP contribution < -0.4 is 10.1 Å². The smallest absolute Gasteiger partial charge is 0.265 e. The highest BCUT2D eigenvalue weighted by molar-refractivity contribution is 7.21. The second-order valence-electron chi connectivity index (χ2n) is 4.62. The van der Waals surface area contributed by atoms with E-state index in [1.165, 1.54) is 11.3 Å². The van der Waals surface area contributed by atoms with Gasteiger partial charge < -0.3 is 10.1 Å². The standard InChI is InChI=1S/C15H11N3O2S2/c1-20-11-5-3-2-4-9(11)16-13(19)12-8-10-14(22-12)17-15-18(10)6-7-21-15/h2-8H,1H3,(H,16,19). The summed E-state index contributed by atoms with van der Waals surface area (Å²) in [5, 5.41) is 4.86. The Morgan fingerprint density at radius 2 is 2.23 bits per heavy atom. The zero-order valence-electron chi connectivity index (χ0n) is 11.6. The van der Waals surface area contributed by atoms with E-state index in [1.807, 2.05) is 46.3 Å². The lowest BCUT2D eigenvalue weighted by molar-refractivity contribution is 0.103. The van der Waals surface area contributed by atoms with E-state index in [0.29, 0.717) is 16.3 Å². The highest BCUT2D eigenvalue weighted by atomic mass is 32.1. The molecule has 3 heterocycles. The van der Waals surface area contributed by atoms with Crippen LogP contribution in [0.5, 0.6) is 5.75 Å². The summed E-state index contributed by atoms with van der Waals surface area (Å²) in [4.78, 5) is 19.4. The molecule has 0 atom stereocenters. The summed E-state index contributed by atoms with van der Waals surface area (Å²) >= 11 is 2.97. The van der Waals surface area contributed by atoms with Crippen LogP contribution >= 0.6 is 22.7 Å². The van der Waals surface area contributed by atoms with Crippen LogP contribution in [-0.2, 0) is 0 Å². The molecular weight excluding hydrogens is 318 g/mol. The third-order valence-corrected chi connectivity index (χ3v) is 5.09. The second kappa shape index (κ2) is 5.11.